The number of carbonyl (C=O) groups is 1. The summed E-state index contributed by atoms with van der Waals surface area (Å²) in [6.45, 7) is 5.29. The first-order valence-corrected chi connectivity index (χ1v) is 9.15. The van der Waals surface area contributed by atoms with Crippen LogP contribution in [-0.4, -0.2) is 18.5 Å². The maximum absolute atomic E-state index is 11.9. The third-order valence-corrected chi connectivity index (χ3v) is 4.45. The first-order chi connectivity index (χ1) is 12.0. The van der Waals surface area contributed by atoms with Crippen molar-refractivity contribution in [1.29, 1.82) is 0 Å². The second kappa shape index (κ2) is 10.00. The van der Waals surface area contributed by atoms with Gasteiger partial charge < -0.3 is 11.1 Å². The van der Waals surface area contributed by atoms with Crippen LogP contribution in [0, 0.1) is 11.8 Å². The van der Waals surface area contributed by atoms with Crippen molar-refractivity contribution in [1.82, 2.24) is 5.32 Å². The first-order valence-electron chi connectivity index (χ1n) is 9.15. The number of primary amides is 1. The SMILES string of the molecule is CC(C)CC(CNC(Cc1ccccc1)C(N)=O)Cc1ccccc1. The normalized spacial score (nSPS) is 13.6. The molecule has 134 valence electrons. The highest BCUT2D eigenvalue weighted by Crippen LogP contribution is 2.17. The zero-order valence-electron chi connectivity index (χ0n) is 15.3. The molecule has 3 nitrogen and oxygen atoms in total. The molecule has 2 aromatic rings. The van der Waals surface area contributed by atoms with Gasteiger partial charge >= 0.3 is 0 Å². The number of rotatable bonds is 10. The highest BCUT2D eigenvalue weighted by molar-refractivity contribution is 5.80. The number of amides is 1. The molecule has 25 heavy (non-hydrogen) atoms. The van der Waals surface area contributed by atoms with E-state index in [0.29, 0.717) is 18.3 Å². The van der Waals surface area contributed by atoms with E-state index >= 15 is 0 Å². The van der Waals surface area contributed by atoms with Crippen molar-refractivity contribution >= 4 is 5.91 Å². The lowest BCUT2D eigenvalue weighted by Crippen LogP contribution is -2.45. The van der Waals surface area contributed by atoms with Crippen molar-refractivity contribution in [2.45, 2.75) is 39.2 Å². The molecule has 2 atom stereocenters. The number of nitrogens with two attached hydrogens (primary N) is 1. The van der Waals surface area contributed by atoms with E-state index in [9.17, 15) is 4.79 Å². The molecule has 0 spiro atoms. The van der Waals surface area contributed by atoms with Crippen LogP contribution in [0.15, 0.2) is 60.7 Å². The zero-order valence-corrected chi connectivity index (χ0v) is 15.3. The molecule has 3 heteroatoms. The Balaban J connectivity index is 1.97. The minimum Gasteiger partial charge on any atom is -0.368 e. The van der Waals surface area contributed by atoms with Gasteiger partial charge in [-0.1, -0.05) is 74.5 Å². The molecule has 0 aromatic heterocycles. The minimum atomic E-state index is -0.326. The highest BCUT2D eigenvalue weighted by atomic mass is 16.1. The summed E-state index contributed by atoms with van der Waals surface area (Å²) in [5, 5.41) is 3.42. The Labute approximate surface area is 151 Å². The maximum atomic E-state index is 11.9. The van der Waals surface area contributed by atoms with Gasteiger partial charge in [0, 0.05) is 0 Å². The number of benzene rings is 2. The van der Waals surface area contributed by atoms with Crippen molar-refractivity contribution in [3.8, 4) is 0 Å². The molecule has 0 bridgehead atoms. The fourth-order valence-corrected chi connectivity index (χ4v) is 3.29. The molecular formula is C22H30N2O. The molecule has 3 N–H and O–H groups in total. The molecule has 0 aliphatic rings. The van der Waals surface area contributed by atoms with Crippen LogP contribution in [0.1, 0.15) is 31.4 Å². The lowest BCUT2D eigenvalue weighted by atomic mass is 9.90. The minimum absolute atomic E-state index is 0.285. The number of hydrogen-bond donors (Lipinski definition) is 2. The lowest BCUT2D eigenvalue weighted by Gasteiger charge is -2.23. The molecule has 0 saturated carbocycles. The fourth-order valence-electron chi connectivity index (χ4n) is 3.29. The molecule has 2 unspecified atom stereocenters. The smallest absolute Gasteiger partial charge is 0.234 e. The van der Waals surface area contributed by atoms with E-state index < -0.39 is 0 Å². The topological polar surface area (TPSA) is 55.1 Å². The largest absolute Gasteiger partial charge is 0.368 e. The number of hydrogen-bond acceptors (Lipinski definition) is 2. The average Bonchev–Trinajstić information content (AvgIpc) is 2.59. The van der Waals surface area contributed by atoms with Crippen molar-refractivity contribution in [2.75, 3.05) is 6.54 Å². The van der Waals surface area contributed by atoms with E-state index in [1.807, 2.05) is 36.4 Å². The number of nitrogens with one attached hydrogen (secondary N) is 1. The molecule has 0 fully saturated rings. The van der Waals surface area contributed by atoms with Gasteiger partial charge in [0.25, 0.3) is 0 Å². The van der Waals surface area contributed by atoms with Crippen LogP contribution >= 0.6 is 0 Å². The Morgan fingerprint density at radius 2 is 1.44 bits per heavy atom. The summed E-state index contributed by atoms with van der Waals surface area (Å²) in [5.41, 5.74) is 8.09. The van der Waals surface area contributed by atoms with Gasteiger partial charge in [-0.2, -0.15) is 0 Å². The van der Waals surface area contributed by atoms with Gasteiger partial charge in [0.05, 0.1) is 6.04 Å². The molecule has 0 saturated heterocycles. The lowest BCUT2D eigenvalue weighted by molar-refractivity contribution is -0.120. The van der Waals surface area contributed by atoms with Crippen molar-refractivity contribution < 1.29 is 4.79 Å². The summed E-state index contributed by atoms with van der Waals surface area (Å²) in [6.07, 6.45) is 2.78. The Morgan fingerprint density at radius 3 is 1.92 bits per heavy atom. The average molecular weight is 338 g/mol. The maximum Gasteiger partial charge on any atom is 0.234 e. The molecule has 0 radical (unpaired) electrons. The van der Waals surface area contributed by atoms with E-state index in [0.717, 1.165) is 24.9 Å². The van der Waals surface area contributed by atoms with Gasteiger partial charge in [-0.25, -0.2) is 0 Å². The predicted octanol–water partition coefficient (Wildman–Crippen LogP) is 3.58. The molecule has 0 heterocycles. The third-order valence-electron chi connectivity index (χ3n) is 4.45. The van der Waals surface area contributed by atoms with Crippen LogP contribution in [0.25, 0.3) is 0 Å². The van der Waals surface area contributed by atoms with Gasteiger partial charge in [-0.3, -0.25) is 4.79 Å². The molecule has 2 aromatic carbocycles. The van der Waals surface area contributed by atoms with E-state index in [2.05, 4.69) is 43.4 Å². The van der Waals surface area contributed by atoms with E-state index in [4.69, 9.17) is 5.73 Å². The second-order valence-corrected chi connectivity index (χ2v) is 7.24. The Kier molecular flexibility index (Phi) is 7.68. The zero-order chi connectivity index (χ0) is 18.1. The summed E-state index contributed by atoms with van der Waals surface area (Å²) in [7, 11) is 0. The van der Waals surface area contributed by atoms with Crippen molar-refractivity contribution in [3.63, 3.8) is 0 Å². The van der Waals surface area contributed by atoms with Crippen LogP contribution < -0.4 is 11.1 Å². The van der Waals surface area contributed by atoms with Gasteiger partial charge in [0.15, 0.2) is 0 Å². The molecule has 2 rings (SSSR count). The van der Waals surface area contributed by atoms with Gasteiger partial charge in [-0.15, -0.1) is 0 Å². The number of carbonyl (C=O) groups excluding carboxylic acids is 1. The van der Waals surface area contributed by atoms with E-state index in [1.165, 1.54) is 5.56 Å². The fraction of sp³-hybridized carbons (Fsp3) is 0.409. The van der Waals surface area contributed by atoms with Crippen molar-refractivity contribution in [2.24, 2.45) is 17.6 Å². The summed E-state index contributed by atoms with van der Waals surface area (Å²) in [4.78, 5) is 11.9. The molecule has 1 amide bonds. The standard InChI is InChI=1S/C22H30N2O/c1-17(2)13-20(14-18-9-5-3-6-10-18)16-24-21(22(23)25)15-19-11-7-4-8-12-19/h3-12,17,20-21,24H,13-16H2,1-2H3,(H2,23,25). The summed E-state index contributed by atoms with van der Waals surface area (Å²) < 4.78 is 0. The molecule has 0 aliphatic heterocycles. The Morgan fingerprint density at radius 1 is 0.920 bits per heavy atom. The van der Waals surface area contributed by atoms with Gasteiger partial charge in [0.2, 0.25) is 5.91 Å². The third kappa shape index (κ3) is 7.10. The van der Waals surface area contributed by atoms with Crippen LogP contribution in [0.4, 0.5) is 0 Å². The summed E-state index contributed by atoms with van der Waals surface area (Å²) in [6, 6.07) is 20.2. The quantitative estimate of drug-likeness (QED) is 0.696. The Hall–Kier alpha value is -2.13. The van der Waals surface area contributed by atoms with Crippen LogP contribution in [-0.2, 0) is 17.6 Å². The predicted molar refractivity (Wildman–Crippen MR) is 104 cm³/mol. The van der Waals surface area contributed by atoms with Gasteiger partial charge in [0.1, 0.15) is 0 Å². The van der Waals surface area contributed by atoms with Crippen LogP contribution in [0.2, 0.25) is 0 Å². The molecule has 0 aliphatic carbocycles. The van der Waals surface area contributed by atoms with E-state index in [-0.39, 0.29) is 11.9 Å². The van der Waals surface area contributed by atoms with Crippen LogP contribution in [0.5, 0.6) is 0 Å². The highest BCUT2D eigenvalue weighted by Gasteiger charge is 2.19. The Bertz CT molecular complexity index is 625. The van der Waals surface area contributed by atoms with Gasteiger partial charge in [-0.05, 0) is 48.8 Å². The monoisotopic (exact) mass is 338 g/mol. The summed E-state index contributed by atoms with van der Waals surface area (Å²) in [5.74, 6) is 0.823. The van der Waals surface area contributed by atoms with E-state index in [1.54, 1.807) is 0 Å². The van der Waals surface area contributed by atoms with Crippen LogP contribution in [0.3, 0.4) is 0 Å². The summed E-state index contributed by atoms with van der Waals surface area (Å²) >= 11 is 0. The second-order valence-electron chi connectivity index (χ2n) is 7.24. The van der Waals surface area contributed by atoms with Crippen molar-refractivity contribution in [3.05, 3.63) is 71.8 Å². The molecular weight excluding hydrogens is 308 g/mol. The first kappa shape index (κ1) is 19.2.